The molecule has 56 valence electrons. The number of fused-ring (bicyclic) bond motifs is 1. The third-order valence-electron chi connectivity index (χ3n) is 2.87. The van der Waals surface area contributed by atoms with Gasteiger partial charge in [0.1, 0.15) is 0 Å². The molecule has 0 aromatic rings. The van der Waals surface area contributed by atoms with E-state index in [1.807, 2.05) is 7.05 Å². The van der Waals surface area contributed by atoms with Gasteiger partial charge in [0.25, 0.3) is 0 Å². The van der Waals surface area contributed by atoms with Crippen LogP contribution in [0, 0.1) is 11.8 Å². The van der Waals surface area contributed by atoms with Crippen molar-refractivity contribution in [1.29, 1.82) is 0 Å². The van der Waals surface area contributed by atoms with Crippen molar-refractivity contribution in [2.45, 2.75) is 19.3 Å². The Hall–Kier alpha value is -0.530. The molecule has 0 radical (unpaired) electrons. The van der Waals surface area contributed by atoms with E-state index in [0.29, 0.717) is 0 Å². The lowest BCUT2D eigenvalue weighted by Crippen LogP contribution is -2.45. The van der Waals surface area contributed by atoms with Crippen molar-refractivity contribution in [2.24, 2.45) is 16.8 Å². The van der Waals surface area contributed by atoms with Gasteiger partial charge in [-0.3, -0.25) is 4.99 Å². The fraction of sp³-hybridized carbons (Fsp3) is 0.875. The lowest BCUT2D eigenvalue weighted by molar-refractivity contribution is 0.169. The molecule has 0 aromatic heterocycles. The Morgan fingerprint density at radius 3 is 2.70 bits per heavy atom. The molecule has 1 N–H and O–H groups in total. The summed E-state index contributed by atoms with van der Waals surface area (Å²) in [5.74, 6) is 3.17. The molecular weight excluding hydrogens is 124 g/mol. The summed E-state index contributed by atoms with van der Waals surface area (Å²) >= 11 is 0. The Labute approximate surface area is 61.7 Å². The predicted molar refractivity (Wildman–Crippen MR) is 42.2 cm³/mol. The third-order valence-corrected chi connectivity index (χ3v) is 2.87. The van der Waals surface area contributed by atoms with Gasteiger partial charge in [-0.15, -0.1) is 0 Å². The minimum atomic E-state index is 0.972. The van der Waals surface area contributed by atoms with Crippen molar-refractivity contribution in [2.75, 3.05) is 13.6 Å². The molecule has 1 aliphatic heterocycles. The van der Waals surface area contributed by atoms with Gasteiger partial charge in [0.15, 0.2) is 0 Å². The number of nitrogens with zero attached hydrogens (tertiary/aromatic N) is 1. The van der Waals surface area contributed by atoms with Crippen LogP contribution in [0.2, 0.25) is 0 Å². The second-order valence-electron chi connectivity index (χ2n) is 3.35. The number of rotatable bonds is 0. The summed E-state index contributed by atoms with van der Waals surface area (Å²) in [6.07, 6.45) is 4.08. The Morgan fingerprint density at radius 2 is 2.20 bits per heavy atom. The molecule has 0 amide bonds. The molecule has 1 heterocycles. The Bertz CT molecular complexity index is 163. The van der Waals surface area contributed by atoms with Crippen molar-refractivity contribution in [1.82, 2.24) is 5.32 Å². The third kappa shape index (κ3) is 0.825. The van der Waals surface area contributed by atoms with Crippen molar-refractivity contribution >= 4 is 5.84 Å². The molecular formula is C8H14N2. The molecule has 2 heteroatoms. The van der Waals surface area contributed by atoms with Gasteiger partial charge >= 0.3 is 0 Å². The highest BCUT2D eigenvalue weighted by atomic mass is 15.0. The molecule has 2 rings (SSSR count). The maximum Gasteiger partial charge on any atom is 0.0962 e. The molecule has 2 atom stereocenters. The fourth-order valence-corrected chi connectivity index (χ4v) is 1.92. The zero-order valence-corrected chi connectivity index (χ0v) is 6.43. The van der Waals surface area contributed by atoms with Gasteiger partial charge in [0.2, 0.25) is 0 Å². The molecule has 1 aliphatic carbocycles. The van der Waals surface area contributed by atoms with E-state index in [2.05, 4.69) is 10.3 Å². The number of hydrogen-bond acceptors (Lipinski definition) is 1. The van der Waals surface area contributed by atoms with Gasteiger partial charge in [-0.05, 0) is 24.7 Å². The molecule has 1 saturated heterocycles. The quantitative estimate of drug-likeness (QED) is 0.531. The number of nitrogens with one attached hydrogen (secondary N) is 1. The maximum absolute atomic E-state index is 4.17. The summed E-state index contributed by atoms with van der Waals surface area (Å²) in [7, 11) is 1.88. The summed E-state index contributed by atoms with van der Waals surface area (Å²) in [4.78, 5) is 4.17. The first-order valence-corrected chi connectivity index (χ1v) is 4.09. The van der Waals surface area contributed by atoms with E-state index < -0.39 is 0 Å². The van der Waals surface area contributed by atoms with Crippen molar-refractivity contribution in [3.63, 3.8) is 0 Å². The highest BCUT2D eigenvalue weighted by molar-refractivity contribution is 5.83. The predicted octanol–water partition coefficient (Wildman–Crippen LogP) is 1.03. The molecule has 0 bridgehead atoms. The lowest BCUT2D eigenvalue weighted by Gasteiger charge is -2.41. The SMILES string of the molecule is CN=C1CC2CCC2CN1. The average molecular weight is 138 g/mol. The second kappa shape index (κ2) is 2.26. The lowest BCUT2D eigenvalue weighted by atomic mass is 9.70. The fourth-order valence-electron chi connectivity index (χ4n) is 1.92. The molecule has 2 fully saturated rings. The van der Waals surface area contributed by atoms with E-state index in [1.165, 1.54) is 31.6 Å². The van der Waals surface area contributed by atoms with Gasteiger partial charge in [-0.2, -0.15) is 0 Å². The summed E-state index contributed by atoms with van der Waals surface area (Å²) in [6.45, 7) is 1.18. The van der Waals surface area contributed by atoms with Gasteiger partial charge in [0, 0.05) is 20.0 Å². The molecule has 2 unspecified atom stereocenters. The Balaban J connectivity index is 1.98. The largest absolute Gasteiger partial charge is 0.374 e. The van der Waals surface area contributed by atoms with Crippen LogP contribution in [-0.2, 0) is 0 Å². The van der Waals surface area contributed by atoms with Crippen LogP contribution in [0.25, 0.3) is 0 Å². The molecule has 2 aliphatic rings. The van der Waals surface area contributed by atoms with Gasteiger partial charge in [0.05, 0.1) is 5.84 Å². The van der Waals surface area contributed by atoms with E-state index >= 15 is 0 Å². The van der Waals surface area contributed by atoms with Gasteiger partial charge in [-0.1, -0.05) is 0 Å². The van der Waals surface area contributed by atoms with E-state index in [1.54, 1.807) is 0 Å². The first-order valence-electron chi connectivity index (χ1n) is 4.09. The summed E-state index contributed by atoms with van der Waals surface area (Å²) in [5.41, 5.74) is 0. The van der Waals surface area contributed by atoms with E-state index in [9.17, 15) is 0 Å². The summed E-state index contributed by atoms with van der Waals surface area (Å²) in [6, 6.07) is 0. The van der Waals surface area contributed by atoms with E-state index in [-0.39, 0.29) is 0 Å². The van der Waals surface area contributed by atoms with Crippen LogP contribution in [0.5, 0.6) is 0 Å². The zero-order chi connectivity index (χ0) is 6.97. The second-order valence-corrected chi connectivity index (χ2v) is 3.35. The topological polar surface area (TPSA) is 24.4 Å². The normalized spacial score (nSPS) is 41.9. The monoisotopic (exact) mass is 138 g/mol. The maximum atomic E-state index is 4.17. The molecule has 0 spiro atoms. The van der Waals surface area contributed by atoms with Crippen LogP contribution in [0.4, 0.5) is 0 Å². The standard InChI is InChI=1S/C8H14N2/c1-9-8-4-6-2-3-7(6)5-10-8/h6-7H,2-5H2,1H3,(H,9,10). The Kier molecular flexibility index (Phi) is 1.40. The van der Waals surface area contributed by atoms with Crippen LogP contribution in [0.3, 0.4) is 0 Å². The molecule has 0 aromatic carbocycles. The first-order chi connectivity index (χ1) is 4.90. The van der Waals surface area contributed by atoms with Gasteiger partial charge < -0.3 is 5.32 Å². The minimum absolute atomic E-state index is 0.972. The molecule has 2 nitrogen and oxygen atoms in total. The van der Waals surface area contributed by atoms with Crippen LogP contribution in [0.15, 0.2) is 4.99 Å². The van der Waals surface area contributed by atoms with Gasteiger partial charge in [-0.25, -0.2) is 0 Å². The van der Waals surface area contributed by atoms with E-state index in [4.69, 9.17) is 0 Å². The van der Waals surface area contributed by atoms with Crippen molar-refractivity contribution < 1.29 is 0 Å². The number of amidine groups is 1. The summed E-state index contributed by atoms with van der Waals surface area (Å²) in [5, 5.41) is 3.35. The average Bonchev–Trinajstić information content (AvgIpc) is 1.92. The van der Waals surface area contributed by atoms with Crippen LogP contribution < -0.4 is 5.32 Å². The number of piperidine rings is 1. The zero-order valence-electron chi connectivity index (χ0n) is 6.43. The first kappa shape index (κ1) is 6.20. The smallest absolute Gasteiger partial charge is 0.0962 e. The highest BCUT2D eigenvalue weighted by Crippen LogP contribution is 2.38. The minimum Gasteiger partial charge on any atom is -0.374 e. The molecule has 1 saturated carbocycles. The van der Waals surface area contributed by atoms with Crippen molar-refractivity contribution in [3.05, 3.63) is 0 Å². The van der Waals surface area contributed by atoms with Crippen LogP contribution in [0.1, 0.15) is 19.3 Å². The van der Waals surface area contributed by atoms with Crippen LogP contribution in [-0.4, -0.2) is 19.4 Å². The Morgan fingerprint density at radius 1 is 1.40 bits per heavy atom. The number of hydrogen-bond donors (Lipinski definition) is 1. The highest BCUT2D eigenvalue weighted by Gasteiger charge is 2.34. The molecule has 10 heavy (non-hydrogen) atoms. The van der Waals surface area contributed by atoms with Crippen LogP contribution >= 0.6 is 0 Å². The van der Waals surface area contributed by atoms with Crippen molar-refractivity contribution in [3.8, 4) is 0 Å². The number of aliphatic imine (C=N–C) groups is 1. The van der Waals surface area contributed by atoms with E-state index in [0.717, 1.165) is 11.8 Å². The summed E-state index contributed by atoms with van der Waals surface area (Å²) < 4.78 is 0.